The molecule has 1 heterocycles. The van der Waals surface area contributed by atoms with Crippen LogP contribution >= 0.6 is 39.3 Å². The summed E-state index contributed by atoms with van der Waals surface area (Å²) >= 11 is 10.4. The fourth-order valence-electron chi connectivity index (χ4n) is 2.92. The lowest BCUT2D eigenvalue weighted by atomic mass is 10.2. The van der Waals surface area contributed by atoms with Crippen molar-refractivity contribution in [3.63, 3.8) is 0 Å². The van der Waals surface area contributed by atoms with Crippen molar-refractivity contribution in [2.24, 2.45) is 5.10 Å². The third kappa shape index (κ3) is 5.27. The molecule has 1 N–H and O–H groups in total. The topological polar surface area (TPSA) is 76.3 Å². The molecule has 160 valence electrons. The molecule has 0 aliphatic carbocycles. The minimum Gasteiger partial charge on any atom is -0.272 e. The molecule has 0 atom stereocenters. The van der Waals surface area contributed by atoms with Gasteiger partial charge in [0.05, 0.1) is 28.6 Å². The van der Waals surface area contributed by atoms with Gasteiger partial charge in [0, 0.05) is 9.50 Å². The maximum absolute atomic E-state index is 13.2. The molecule has 4 aromatic rings. The highest BCUT2D eigenvalue weighted by Crippen LogP contribution is 2.22. The summed E-state index contributed by atoms with van der Waals surface area (Å²) < 4.78 is 2.42. The van der Waals surface area contributed by atoms with Crippen molar-refractivity contribution >= 4 is 62.3 Å². The van der Waals surface area contributed by atoms with Crippen LogP contribution in [0.1, 0.15) is 5.56 Å². The molecule has 0 radical (unpaired) electrons. The van der Waals surface area contributed by atoms with E-state index in [4.69, 9.17) is 11.6 Å². The lowest BCUT2D eigenvalue weighted by molar-refractivity contribution is -0.118. The Morgan fingerprint density at radius 1 is 1.09 bits per heavy atom. The second kappa shape index (κ2) is 10.1. The summed E-state index contributed by atoms with van der Waals surface area (Å²) in [6.45, 7) is 0. The van der Waals surface area contributed by atoms with Crippen LogP contribution in [0.4, 0.5) is 0 Å². The Morgan fingerprint density at radius 3 is 2.56 bits per heavy atom. The number of nitrogens with zero attached hydrogens (tertiary/aromatic N) is 3. The highest BCUT2D eigenvalue weighted by Gasteiger charge is 2.14. The molecule has 4 rings (SSSR count). The lowest BCUT2D eigenvalue weighted by Gasteiger charge is -2.13. The van der Waals surface area contributed by atoms with Crippen LogP contribution in [0.2, 0.25) is 5.02 Å². The number of para-hydroxylation sites is 1. The number of benzene rings is 3. The quantitative estimate of drug-likeness (QED) is 0.165. The summed E-state index contributed by atoms with van der Waals surface area (Å²) in [5.74, 6) is -0.274. The van der Waals surface area contributed by atoms with E-state index in [1.807, 2.05) is 30.3 Å². The lowest BCUT2D eigenvalue weighted by Crippen LogP contribution is -2.24. The molecule has 3 aromatic carbocycles. The van der Waals surface area contributed by atoms with Crippen LogP contribution in [0, 0.1) is 0 Å². The number of rotatable bonds is 6. The summed E-state index contributed by atoms with van der Waals surface area (Å²) in [5.41, 5.74) is 4.35. The third-order valence-corrected chi connectivity index (χ3v) is 6.15. The fourth-order valence-corrected chi connectivity index (χ4v) is 4.11. The van der Waals surface area contributed by atoms with Crippen molar-refractivity contribution in [1.82, 2.24) is 15.0 Å². The number of hydrogen-bond acceptors (Lipinski definition) is 5. The number of halogens is 2. The standard InChI is InChI=1S/C23H16BrClN4O2S/c24-16-7-11-18(12-8-16)29-22(31)19-3-1-2-4-20(19)27-23(29)32-14-21(30)28-26-13-15-5-9-17(25)10-6-15/h1-13H,14H2,(H,28,30). The van der Waals surface area contributed by atoms with Gasteiger partial charge in [-0.3, -0.25) is 14.2 Å². The van der Waals surface area contributed by atoms with Gasteiger partial charge in [-0.25, -0.2) is 10.4 Å². The first kappa shape index (κ1) is 22.3. The number of fused-ring (bicyclic) bond motifs is 1. The molecule has 0 spiro atoms. The van der Waals surface area contributed by atoms with E-state index in [0.717, 1.165) is 10.0 Å². The maximum atomic E-state index is 13.2. The minimum atomic E-state index is -0.315. The molecule has 1 aromatic heterocycles. The van der Waals surface area contributed by atoms with E-state index in [9.17, 15) is 9.59 Å². The van der Waals surface area contributed by atoms with E-state index in [1.165, 1.54) is 22.5 Å². The molecule has 0 aliphatic heterocycles. The zero-order chi connectivity index (χ0) is 22.5. The molecule has 0 saturated carbocycles. The molecule has 0 saturated heterocycles. The summed E-state index contributed by atoms with van der Waals surface area (Å²) in [6.07, 6.45) is 1.53. The van der Waals surface area contributed by atoms with Gasteiger partial charge in [0.2, 0.25) is 0 Å². The number of carbonyl (C=O) groups is 1. The second-order valence-electron chi connectivity index (χ2n) is 6.66. The van der Waals surface area contributed by atoms with E-state index in [1.54, 1.807) is 42.5 Å². The van der Waals surface area contributed by atoms with Crippen molar-refractivity contribution in [3.8, 4) is 5.69 Å². The molecule has 0 bridgehead atoms. The largest absolute Gasteiger partial charge is 0.272 e. The van der Waals surface area contributed by atoms with Crippen LogP contribution in [0.25, 0.3) is 16.6 Å². The monoisotopic (exact) mass is 526 g/mol. The highest BCUT2D eigenvalue weighted by atomic mass is 79.9. The zero-order valence-corrected chi connectivity index (χ0v) is 19.7. The second-order valence-corrected chi connectivity index (χ2v) is 8.96. The summed E-state index contributed by atoms with van der Waals surface area (Å²) in [4.78, 5) is 30.1. The van der Waals surface area contributed by atoms with Gasteiger partial charge in [0.15, 0.2) is 5.16 Å². The van der Waals surface area contributed by atoms with Gasteiger partial charge in [-0.15, -0.1) is 0 Å². The van der Waals surface area contributed by atoms with Crippen LogP contribution < -0.4 is 11.0 Å². The molecule has 9 heteroatoms. The smallest absolute Gasteiger partial charge is 0.266 e. The van der Waals surface area contributed by atoms with Crippen LogP contribution in [0.3, 0.4) is 0 Å². The number of hydrogen-bond donors (Lipinski definition) is 1. The van der Waals surface area contributed by atoms with Crippen molar-refractivity contribution in [1.29, 1.82) is 0 Å². The SMILES string of the molecule is O=C(CSc1nc2ccccc2c(=O)n1-c1ccc(Br)cc1)NN=Cc1ccc(Cl)cc1. The Bertz CT molecular complexity index is 1360. The number of nitrogens with one attached hydrogen (secondary N) is 1. The molecule has 0 aliphatic rings. The first-order valence-electron chi connectivity index (χ1n) is 9.49. The van der Waals surface area contributed by atoms with Crippen LogP contribution in [0.15, 0.2) is 92.3 Å². The van der Waals surface area contributed by atoms with Crippen molar-refractivity contribution in [2.45, 2.75) is 5.16 Å². The van der Waals surface area contributed by atoms with Gasteiger partial charge in [0.25, 0.3) is 11.5 Å². The Labute approximate surface area is 201 Å². The minimum absolute atomic E-state index is 0.0409. The van der Waals surface area contributed by atoms with Crippen molar-refractivity contribution < 1.29 is 4.79 Å². The van der Waals surface area contributed by atoms with Gasteiger partial charge in [-0.05, 0) is 54.1 Å². The first-order chi connectivity index (χ1) is 15.5. The molecule has 6 nitrogen and oxygen atoms in total. The van der Waals surface area contributed by atoms with Crippen LogP contribution in [-0.2, 0) is 4.79 Å². The summed E-state index contributed by atoms with van der Waals surface area (Å²) in [5, 5.41) is 5.53. The van der Waals surface area contributed by atoms with Gasteiger partial charge in [-0.1, -0.05) is 63.6 Å². The molecular formula is C23H16BrClN4O2S. The average molecular weight is 528 g/mol. The highest BCUT2D eigenvalue weighted by molar-refractivity contribution is 9.10. The van der Waals surface area contributed by atoms with E-state index >= 15 is 0 Å². The van der Waals surface area contributed by atoms with Crippen molar-refractivity contribution in [2.75, 3.05) is 5.75 Å². The van der Waals surface area contributed by atoms with E-state index in [2.05, 4.69) is 31.4 Å². The molecule has 0 fully saturated rings. The predicted octanol–water partition coefficient (Wildman–Crippen LogP) is 5.04. The number of carbonyl (C=O) groups excluding carboxylic acids is 1. The van der Waals surface area contributed by atoms with Gasteiger partial charge in [0.1, 0.15) is 0 Å². The normalized spacial score (nSPS) is 11.2. The zero-order valence-electron chi connectivity index (χ0n) is 16.5. The van der Waals surface area contributed by atoms with Gasteiger partial charge in [-0.2, -0.15) is 5.10 Å². The van der Waals surface area contributed by atoms with Gasteiger partial charge >= 0.3 is 0 Å². The Hall–Kier alpha value is -2.94. The molecule has 1 amide bonds. The number of amides is 1. The average Bonchev–Trinajstić information content (AvgIpc) is 2.80. The molecular weight excluding hydrogens is 512 g/mol. The van der Waals surface area contributed by atoms with Crippen LogP contribution in [0.5, 0.6) is 0 Å². The third-order valence-electron chi connectivity index (χ3n) is 4.43. The van der Waals surface area contributed by atoms with E-state index in [-0.39, 0.29) is 17.2 Å². The fraction of sp³-hybridized carbons (Fsp3) is 0.0435. The number of thioether (sulfide) groups is 1. The number of hydrazone groups is 1. The summed E-state index contributed by atoms with van der Waals surface area (Å²) in [6, 6.07) is 21.6. The maximum Gasteiger partial charge on any atom is 0.266 e. The van der Waals surface area contributed by atoms with Crippen molar-refractivity contribution in [3.05, 3.63) is 98.2 Å². The van der Waals surface area contributed by atoms with Crippen LogP contribution in [-0.4, -0.2) is 27.4 Å². The number of aromatic nitrogens is 2. The Morgan fingerprint density at radius 2 is 1.81 bits per heavy atom. The molecule has 0 unspecified atom stereocenters. The Balaban J connectivity index is 1.56. The van der Waals surface area contributed by atoms with E-state index < -0.39 is 0 Å². The summed E-state index contributed by atoms with van der Waals surface area (Å²) in [7, 11) is 0. The molecule has 32 heavy (non-hydrogen) atoms. The van der Waals surface area contributed by atoms with Gasteiger partial charge < -0.3 is 0 Å². The Kier molecular flexibility index (Phi) is 7.04. The first-order valence-corrected chi connectivity index (χ1v) is 11.6. The predicted molar refractivity (Wildman–Crippen MR) is 133 cm³/mol. The van der Waals surface area contributed by atoms with E-state index in [0.29, 0.717) is 26.8 Å².